The van der Waals surface area contributed by atoms with E-state index in [-0.39, 0.29) is 17.6 Å². The first-order chi connectivity index (χ1) is 15.4. The van der Waals surface area contributed by atoms with Gasteiger partial charge < -0.3 is 19.2 Å². The molecule has 0 spiro atoms. The van der Waals surface area contributed by atoms with E-state index in [9.17, 15) is 4.79 Å². The number of aromatic carboxylic acids is 1. The Balaban J connectivity index is 1.59. The number of aromatic nitrogens is 1. The number of allylic oxidation sites excluding steroid dienone is 1. The lowest BCUT2D eigenvalue weighted by atomic mass is 9.83. The summed E-state index contributed by atoms with van der Waals surface area (Å²) in [4.78, 5) is 14.7. The first kappa shape index (κ1) is 20.4. The molecule has 5 rings (SSSR count). The van der Waals surface area contributed by atoms with E-state index in [0.717, 1.165) is 31.0 Å². The number of carboxylic acid groups (broad SMARTS) is 1. The number of carboxylic acids is 1. The Morgan fingerprint density at radius 3 is 2.72 bits per heavy atom. The maximum atomic E-state index is 11.1. The average Bonchev–Trinajstić information content (AvgIpc) is 3.37. The van der Waals surface area contributed by atoms with Crippen LogP contribution in [0.3, 0.4) is 0 Å². The van der Waals surface area contributed by atoms with Gasteiger partial charge in [0, 0.05) is 17.3 Å². The molecule has 2 aromatic heterocycles. The molecule has 0 fully saturated rings. The summed E-state index contributed by atoms with van der Waals surface area (Å²) in [6, 6.07) is 7.47. The lowest BCUT2D eigenvalue weighted by Crippen LogP contribution is -2.23. The summed E-state index contributed by atoms with van der Waals surface area (Å²) in [6.45, 7) is 6.53. The Morgan fingerprint density at radius 2 is 2.00 bits per heavy atom. The number of ether oxygens (including phenoxy) is 1. The lowest BCUT2D eigenvalue weighted by Gasteiger charge is -2.22. The van der Waals surface area contributed by atoms with Crippen molar-refractivity contribution in [3.8, 4) is 5.95 Å². The quantitative estimate of drug-likeness (QED) is 0.629. The van der Waals surface area contributed by atoms with Crippen molar-refractivity contribution in [2.75, 3.05) is 0 Å². The molecule has 5 nitrogen and oxygen atoms in total. The number of carbonyl (C=O) groups is 1. The van der Waals surface area contributed by atoms with Crippen LogP contribution in [0.25, 0.3) is 11.8 Å². The summed E-state index contributed by atoms with van der Waals surface area (Å²) in [5.41, 5.74) is 8.01. The molecule has 0 radical (unpaired) electrons. The van der Waals surface area contributed by atoms with Gasteiger partial charge in [-0.1, -0.05) is 29.8 Å². The van der Waals surface area contributed by atoms with Gasteiger partial charge in [0.05, 0.1) is 5.35 Å². The van der Waals surface area contributed by atoms with Crippen molar-refractivity contribution < 1.29 is 19.1 Å². The Hall–Kier alpha value is -3.47. The monoisotopic (exact) mass is 429 g/mol. The predicted octanol–water partition coefficient (Wildman–Crippen LogP) is 4.43. The van der Waals surface area contributed by atoms with Crippen molar-refractivity contribution in [2.24, 2.45) is 0 Å². The summed E-state index contributed by atoms with van der Waals surface area (Å²) in [6.07, 6.45) is 10.7. The Kier molecular flexibility index (Phi) is 5.04. The van der Waals surface area contributed by atoms with E-state index in [1.807, 2.05) is 6.08 Å². The number of furan rings is 1. The van der Waals surface area contributed by atoms with Gasteiger partial charge in [-0.3, -0.25) is 0 Å². The smallest absolute Gasteiger partial charge is 0.371 e. The third-order valence-electron chi connectivity index (χ3n) is 6.52. The molecule has 2 heterocycles. The third-order valence-corrected chi connectivity index (χ3v) is 6.52. The van der Waals surface area contributed by atoms with Crippen LogP contribution in [0.15, 0.2) is 40.8 Å². The molecule has 32 heavy (non-hydrogen) atoms. The molecule has 2 N–H and O–H groups in total. The van der Waals surface area contributed by atoms with Gasteiger partial charge in [-0.15, -0.1) is 0 Å². The minimum atomic E-state index is -1.11. The largest absolute Gasteiger partial charge is 0.475 e. The molecule has 2 aliphatic rings. The fraction of sp³-hybridized carbons (Fsp3) is 0.296. The first-order valence-electron chi connectivity index (χ1n) is 11.1. The molecule has 1 unspecified atom stereocenters. The summed E-state index contributed by atoms with van der Waals surface area (Å²) < 4.78 is 11.3. The summed E-state index contributed by atoms with van der Waals surface area (Å²) in [5, 5.41) is 11.3. The first-order valence-corrected chi connectivity index (χ1v) is 11.1. The molecule has 2 aliphatic carbocycles. The Labute approximate surface area is 186 Å². The van der Waals surface area contributed by atoms with E-state index in [1.54, 1.807) is 6.07 Å². The maximum absolute atomic E-state index is 11.1. The van der Waals surface area contributed by atoms with Crippen LogP contribution in [-0.2, 0) is 12.8 Å². The highest BCUT2D eigenvalue weighted by Crippen LogP contribution is 2.31. The SMILES string of the molecule is Cc1cc(C)c(CC2C=CC(Oc3ccc(C(=O)O)o3)=c3[nH]c4c(c32)CCCC=4)c(C)c1. The van der Waals surface area contributed by atoms with Gasteiger partial charge in [0.2, 0.25) is 5.76 Å². The minimum Gasteiger partial charge on any atom is -0.475 e. The van der Waals surface area contributed by atoms with Gasteiger partial charge in [-0.05, 0) is 86.4 Å². The Bertz CT molecular complexity index is 1350. The molecule has 1 atom stereocenters. The van der Waals surface area contributed by atoms with E-state index in [0.29, 0.717) is 5.76 Å². The van der Waals surface area contributed by atoms with Gasteiger partial charge in [0.25, 0.3) is 5.95 Å². The number of hydrogen-bond donors (Lipinski definition) is 2. The van der Waals surface area contributed by atoms with Crippen molar-refractivity contribution in [1.82, 2.24) is 4.98 Å². The number of rotatable bonds is 5. The van der Waals surface area contributed by atoms with E-state index in [4.69, 9.17) is 14.3 Å². The lowest BCUT2D eigenvalue weighted by molar-refractivity contribution is 0.0657. The standard InChI is InChI=1S/C27H27NO4/c1-15-12-16(2)20(17(3)13-15)14-18-8-9-22(31-24-11-10-23(32-24)27(29)30)26-25(18)19-6-4-5-7-21(19)28-26/h7-13,18,28H,4-6,14H2,1-3H3,(H,29,30). The molecule has 0 bridgehead atoms. The van der Waals surface area contributed by atoms with Gasteiger partial charge in [0.1, 0.15) is 0 Å². The predicted molar refractivity (Wildman–Crippen MR) is 123 cm³/mol. The van der Waals surface area contributed by atoms with E-state index in [2.05, 4.69) is 50.0 Å². The zero-order chi connectivity index (χ0) is 22.4. The van der Waals surface area contributed by atoms with Gasteiger partial charge >= 0.3 is 5.97 Å². The molecule has 0 amide bonds. The fourth-order valence-corrected chi connectivity index (χ4v) is 5.13. The molecule has 5 heteroatoms. The molecule has 0 saturated carbocycles. The number of aryl methyl sites for hydroxylation is 3. The van der Waals surface area contributed by atoms with Crippen LogP contribution in [-0.4, -0.2) is 16.1 Å². The molecule has 164 valence electrons. The van der Waals surface area contributed by atoms with Crippen LogP contribution in [0.5, 0.6) is 5.95 Å². The van der Waals surface area contributed by atoms with Crippen molar-refractivity contribution in [1.29, 1.82) is 0 Å². The van der Waals surface area contributed by atoms with Crippen molar-refractivity contribution in [3.63, 3.8) is 0 Å². The van der Waals surface area contributed by atoms with E-state index >= 15 is 0 Å². The summed E-state index contributed by atoms with van der Waals surface area (Å²) >= 11 is 0. The highest BCUT2D eigenvalue weighted by molar-refractivity contribution is 5.84. The van der Waals surface area contributed by atoms with Crippen LogP contribution in [0.1, 0.15) is 62.7 Å². The fourth-order valence-electron chi connectivity index (χ4n) is 5.13. The summed E-state index contributed by atoms with van der Waals surface area (Å²) in [7, 11) is 0. The third kappa shape index (κ3) is 3.58. The van der Waals surface area contributed by atoms with Gasteiger partial charge in [0.15, 0.2) is 5.76 Å². The second-order valence-corrected chi connectivity index (χ2v) is 8.84. The number of aromatic amines is 1. The maximum Gasteiger partial charge on any atom is 0.371 e. The second-order valence-electron chi connectivity index (χ2n) is 8.84. The topological polar surface area (TPSA) is 75.5 Å². The zero-order valence-corrected chi connectivity index (χ0v) is 18.6. The van der Waals surface area contributed by atoms with Crippen LogP contribution in [0, 0.1) is 20.8 Å². The van der Waals surface area contributed by atoms with E-state index < -0.39 is 5.97 Å². The van der Waals surface area contributed by atoms with Gasteiger partial charge in [-0.25, -0.2) is 4.79 Å². The number of fused-ring (bicyclic) bond motifs is 3. The Morgan fingerprint density at radius 1 is 1.22 bits per heavy atom. The highest BCUT2D eigenvalue weighted by Gasteiger charge is 2.26. The average molecular weight is 430 g/mol. The molecule has 1 aromatic carbocycles. The number of H-pyrrole nitrogens is 1. The van der Waals surface area contributed by atoms with Gasteiger partial charge in [-0.2, -0.15) is 0 Å². The minimum absolute atomic E-state index is 0.136. The number of hydrogen-bond acceptors (Lipinski definition) is 3. The summed E-state index contributed by atoms with van der Waals surface area (Å²) in [5.74, 6) is -0.174. The van der Waals surface area contributed by atoms with E-state index in [1.165, 1.54) is 44.8 Å². The molecular weight excluding hydrogens is 402 g/mol. The zero-order valence-electron chi connectivity index (χ0n) is 18.6. The van der Waals surface area contributed by atoms with Crippen LogP contribution >= 0.6 is 0 Å². The second kappa shape index (κ2) is 7.90. The molecule has 0 saturated heterocycles. The van der Waals surface area contributed by atoms with Crippen LogP contribution in [0.2, 0.25) is 0 Å². The highest BCUT2D eigenvalue weighted by atomic mass is 16.6. The van der Waals surface area contributed by atoms with Crippen LogP contribution < -0.4 is 15.4 Å². The molecular formula is C27H27NO4. The van der Waals surface area contributed by atoms with Crippen molar-refractivity contribution in [3.05, 3.63) is 86.3 Å². The molecule has 3 aromatic rings. The van der Waals surface area contributed by atoms with Crippen molar-refractivity contribution in [2.45, 2.75) is 52.4 Å². The number of benzene rings is 1. The molecule has 0 aliphatic heterocycles. The van der Waals surface area contributed by atoms with Crippen LogP contribution in [0.4, 0.5) is 0 Å². The number of nitrogens with one attached hydrogen (secondary N) is 1. The van der Waals surface area contributed by atoms with Crippen molar-refractivity contribution >= 4 is 17.8 Å². The normalized spacial score (nSPS) is 17.0.